The zero-order valence-corrected chi connectivity index (χ0v) is 15.4. The molecule has 1 aromatic carbocycles. The summed E-state index contributed by atoms with van der Waals surface area (Å²) >= 11 is 0. The molecule has 3 heterocycles. The summed E-state index contributed by atoms with van der Waals surface area (Å²) in [5.41, 5.74) is 5.20. The lowest BCUT2D eigenvalue weighted by atomic mass is 9.79. The minimum absolute atomic E-state index is 0.0259. The molecule has 1 saturated carbocycles. The largest absolute Gasteiger partial charge is 0.442 e. The lowest BCUT2D eigenvalue weighted by Gasteiger charge is -2.45. The first-order chi connectivity index (χ1) is 12.1. The smallest absolute Gasteiger partial charge is 0.207 e. The number of anilines is 1. The van der Waals surface area contributed by atoms with Crippen molar-refractivity contribution in [3.05, 3.63) is 53.4 Å². The van der Waals surface area contributed by atoms with Gasteiger partial charge >= 0.3 is 0 Å². The molecule has 0 amide bonds. The molecule has 3 heteroatoms. The van der Waals surface area contributed by atoms with Crippen LogP contribution in [0.2, 0.25) is 0 Å². The summed E-state index contributed by atoms with van der Waals surface area (Å²) in [6.45, 7) is 4.59. The van der Waals surface area contributed by atoms with Crippen molar-refractivity contribution in [2.45, 2.75) is 57.5 Å². The highest BCUT2D eigenvalue weighted by Gasteiger charge is 2.53. The fourth-order valence-corrected chi connectivity index (χ4v) is 5.37. The van der Waals surface area contributed by atoms with Crippen LogP contribution in [0.25, 0.3) is 11.1 Å². The summed E-state index contributed by atoms with van der Waals surface area (Å²) in [6, 6.07) is 11.4. The van der Waals surface area contributed by atoms with Crippen molar-refractivity contribution in [2.75, 3.05) is 4.90 Å². The van der Waals surface area contributed by atoms with Crippen LogP contribution in [0.4, 0.5) is 5.69 Å². The van der Waals surface area contributed by atoms with E-state index in [1.54, 1.807) is 0 Å². The lowest BCUT2D eigenvalue weighted by Crippen LogP contribution is -2.44. The molecule has 0 bridgehead atoms. The Hall–Kier alpha value is -2.16. The van der Waals surface area contributed by atoms with Gasteiger partial charge in [0.25, 0.3) is 0 Å². The lowest BCUT2D eigenvalue weighted by molar-refractivity contribution is 0.246. The number of hydrogen-bond acceptors (Lipinski definition) is 2. The highest BCUT2D eigenvalue weighted by molar-refractivity contribution is 5.84. The van der Waals surface area contributed by atoms with Crippen molar-refractivity contribution in [3.63, 3.8) is 0 Å². The number of fused-ring (bicyclic) bond motifs is 4. The Balaban J connectivity index is 1.78. The Labute approximate surface area is 149 Å². The second kappa shape index (κ2) is 5.17. The molecule has 1 unspecified atom stereocenters. The summed E-state index contributed by atoms with van der Waals surface area (Å²) in [7, 11) is 2.08. The third kappa shape index (κ3) is 1.87. The van der Waals surface area contributed by atoms with E-state index in [9.17, 15) is 0 Å². The molecule has 2 aromatic heterocycles. The first-order valence-corrected chi connectivity index (χ1v) is 9.57. The van der Waals surface area contributed by atoms with E-state index in [-0.39, 0.29) is 5.54 Å². The van der Waals surface area contributed by atoms with Crippen LogP contribution in [0.15, 0.2) is 40.9 Å². The SMILES string of the molecule is Cc1ccccc1N1C(C)c2c(oc3c2ccn3C)C12CCCCC2. The van der Waals surface area contributed by atoms with Crippen molar-refractivity contribution in [2.24, 2.45) is 7.05 Å². The maximum absolute atomic E-state index is 6.56. The number of hydrogen-bond donors (Lipinski definition) is 0. The van der Waals surface area contributed by atoms with Crippen molar-refractivity contribution < 1.29 is 4.42 Å². The molecule has 0 radical (unpaired) electrons. The first-order valence-electron chi connectivity index (χ1n) is 9.57. The van der Waals surface area contributed by atoms with Crippen LogP contribution in [0.3, 0.4) is 0 Å². The van der Waals surface area contributed by atoms with E-state index in [1.807, 2.05) is 0 Å². The number of rotatable bonds is 1. The van der Waals surface area contributed by atoms with E-state index in [4.69, 9.17) is 4.42 Å². The molecular formula is C22H26N2O. The van der Waals surface area contributed by atoms with Gasteiger partial charge in [-0.15, -0.1) is 0 Å². The number of furan rings is 1. The van der Waals surface area contributed by atoms with Crippen LogP contribution in [-0.2, 0) is 12.6 Å². The second-order valence-corrected chi connectivity index (χ2v) is 7.92. The van der Waals surface area contributed by atoms with Gasteiger partial charge in [-0.25, -0.2) is 0 Å². The molecule has 1 aliphatic carbocycles. The number of aromatic nitrogens is 1. The summed E-state index contributed by atoms with van der Waals surface area (Å²) in [4.78, 5) is 2.68. The number of nitrogens with zero attached hydrogens (tertiary/aromatic N) is 2. The topological polar surface area (TPSA) is 21.3 Å². The van der Waals surface area contributed by atoms with Gasteiger partial charge in [0.2, 0.25) is 5.71 Å². The van der Waals surface area contributed by atoms with Crippen LogP contribution in [0.1, 0.15) is 62.0 Å². The van der Waals surface area contributed by atoms with Gasteiger partial charge in [-0.1, -0.05) is 37.5 Å². The third-order valence-corrected chi connectivity index (χ3v) is 6.49. The predicted octanol–water partition coefficient (Wildman–Crippen LogP) is 5.82. The molecule has 5 rings (SSSR count). The average Bonchev–Trinajstić information content (AvgIpc) is 3.23. The summed E-state index contributed by atoms with van der Waals surface area (Å²) in [5, 5.41) is 1.30. The summed E-state index contributed by atoms with van der Waals surface area (Å²) in [6.07, 6.45) is 8.41. The van der Waals surface area contributed by atoms with Gasteiger partial charge in [-0.2, -0.15) is 0 Å². The van der Waals surface area contributed by atoms with Crippen LogP contribution >= 0.6 is 0 Å². The Kier molecular flexibility index (Phi) is 3.13. The van der Waals surface area contributed by atoms with Crippen molar-refractivity contribution >= 4 is 16.8 Å². The highest BCUT2D eigenvalue weighted by atomic mass is 16.4. The minimum atomic E-state index is 0.0259. The van der Waals surface area contributed by atoms with Crippen molar-refractivity contribution in [1.82, 2.24) is 4.57 Å². The van der Waals surface area contributed by atoms with E-state index in [2.05, 4.69) is 66.9 Å². The van der Waals surface area contributed by atoms with Crippen molar-refractivity contribution in [3.8, 4) is 0 Å². The molecule has 0 saturated heterocycles. The summed E-state index contributed by atoms with van der Waals surface area (Å²) in [5.74, 6) is 1.24. The van der Waals surface area contributed by atoms with E-state index in [0.29, 0.717) is 6.04 Å². The Morgan fingerprint density at radius 2 is 1.84 bits per heavy atom. The zero-order valence-electron chi connectivity index (χ0n) is 15.4. The van der Waals surface area contributed by atoms with E-state index in [0.717, 1.165) is 5.71 Å². The molecule has 130 valence electrons. The van der Waals surface area contributed by atoms with Crippen LogP contribution in [0, 0.1) is 6.92 Å². The second-order valence-electron chi connectivity index (χ2n) is 7.92. The van der Waals surface area contributed by atoms with Gasteiger partial charge in [0.05, 0.1) is 11.6 Å². The number of aryl methyl sites for hydroxylation is 2. The normalized spacial score (nSPS) is 22.0. The predicted molar refractivity (Wildman–Crippen MR) is 102 cm³/mol. The van der Waals surface area contributed by atoms with Crippen LogP contribution in [-0.4, -0.2) is 4.57 Å². The molecule has 1 aliphatic heterocycles. The van der Waals surface area contributed by atoms with E-state index >= 15 is 0 Å². The fraction of sp³-hybridized carbons (Fsp3) is 0.455. The maximum Gasteiger partial charge on any atom is 0.207 e. The Morgan fingerprint density at radius 3 is 2.60 bits per heavy atom. The van der Waals surface area contributed by atoms with Gasteiger partial charge in [0.1, 0.15) is 5.76 Å². The van der Waals surface area contributed by atoms with Gasteiger partial charge in [-0.05, 0) is 44.4 Å². The van der Waals surface area contributed by atoms with Crippen molar-refractivity contribution in [1.29, 1.82) is 0 Å². The summed E-state index contributed by atoms with van der Waals surface area (Å²) < 4.78 is 8.68. The number of benzene rings is 1. The number of para-hydroxylation sites is 1. The Bertz CT molecular complexity index is 942. The molecule has 1 fully saturated rings. The molecule has 3 nitrogen and oxygen atoms in total. The molecule has 3 aromatic rings. The van der Waals surface area contributed by atoms with Gasteiger partial charge < -0.3 is 13.9 Å². The zero-order chi connectivity index (χ0) is 17.2. The van der Waals surface area contributed by atoms with Crippen LogP contribution < -0.4 is 4.90 Å². The monoisotopic (exact) mass is 334 g/mol. The first kappa shape index (κ1) is 15.1. The molecule has 1 atom stereocenters. The molecule has 25 heavy (non-hydrogen) atoms. The van der Waals surface area contributed by atoms with Crippen LogP contribution in [0.5, 0.6) is 0 Å². The quantitative estimate of drug-likeness (QED) is 0.559. The molecule has 1 spiro atoms. The standard InChI is InChI=1S/C22H26N2O/c1-15-9-5-6-10-18(15)24-16(2)19-17-11-14-23(3)21(17)25-20(19)22(24)12-7-4-8-13-22/h5-6,9-11,14,16H,4,7-8,12-13H2,1-3H3. The minimum Gasteiger partial charge on any atom is -0.442 e. The van der Waals surface area contributed by atoms with E-state index in [1.165, 1.54) is 60.1 Å². The third-order valence-electron chi connectivity index (χ3n) is 6.49. The van der Waals surface area contributed by atoms with E-state index < -0.39 is 0 Å². The molecule has 0 N–H and O–H groups in total. The highest BCUT2D eigenvalue weighted by Crippen LogP contribution is 2.58. The average molecular weight is 334 g/mol. The molecule has 2 aliphatic rings. The molecular weight excluding hydrogens is 308 g/mol. The fourth-order valence-electron chi connectivity index (χ4n) is 5.37. The van der Waals surface area contributed by atoms with Gasteiger partial charge in [0, 0.05) is 29.9 Å². The van der Waals surface area contributed by atoms with Gasteiger partial charge in [0.15, 0.2) is 0 Å². The Morgan fingerprint density at radius 1 is 1.08 bits per heavy atom. The van der Waals surface area contributed by atoms with Gasteiger partial charge in [-0.3, -0.25) is 0 Å². The maximum atomic E-state index is 6.56.